The van der Waals surface area contributed by atoms with Gasteiger partial charge in [0.1, 0.15) is 16.4 Å². The number of rotatable bonds is 8. The molecule has 234 valence electrons. The molecule has 4 aromatic rings. The van der Waals surface area contributed by atoms with Gasteiger partial charge in [0.25, 0.3) is 21.9 Å². The SMILES string of the molecule is Cc1noc(-c2ccc(S(=O)(=O)N3CCN(C[C@H](C)Nc4ncnc5c(C(=O)N6CCC(F)(F)C6)cccc45)CC3)s2)c1C. The van der Waals surface area contributed by atoms with Crippen molar-refractivity contribution >= 4 is 44.0 Å². The van der Waals surface area contributed by atoms with Gasteiger partial charge < -0.3 is 14.7 Å². The van der Waals surface area contributed by atoms with Crippen LogP contribution in [0.15, 0.2) is 45.4 Å². The molecule has 2 saturated heterocycles. The summed E-state index contributed by atoms with van der Waals surface area (Å²) in [5, 5.41) is 7.99. The summed E-state index contributed by atoms with van der Waals surface area (Å²) in [4.78, 5) is 25.8. The third-order valence-corrected chi connectivity index (χ3v) is 11.6. The number of aryl methyl sites for hydroxylation is 1. The smallest absolute Gasteiger partial charge is 0.267 e. The molecule has 0 saturated carbocycles. The molecule has 5 heterocycles. The van der Waals surface area contributed by atoms with E-state index in [1.165, 1.54) is 26.9 Å². The van der Waals surface area contributed by atoms with E-state index in [0.29, 0.717) is 55.2 Å². The topological polar surface area (TPSA) is 125 Å². The van der Waals surface area contributed by atoms with Crippen LogP contribution in [-0.4, -0.2) is 101 Å². The van der Waals surface area contributed by atoms with Gasteiger partial charge in [-0.3, -0.25) is 9.69 Å². The first-order valence-electron chi connectivity index (χ1n) is 14.4. The second-order valence-corrected chi connectivity index (χ2v) is 14.6. The maximum absolute atomic E-state index is 13.7. The fourth-order valence-corrected chi connectivity index (χ4v) is 8.54. The molecule has 1 atom stereocenters. The molecule has 0 spiro atoms. The van der Waals surface area contributed by atoms with Crippen molar-refractivity contribution < 1.29 is 26.5 Å². The van der Waals surface area contributed by atoms with Crippen molar-refractivity contribution in [3.8, 4) is 10.6 Å². The lowest BCUT2D eigenvalue weighted by atomic mass is 10.1. The summed E-state index contributed by atoms with van der Waals surface area (Å²) in [6.07, 6.45) is 1.01. The zero-order chi connectivity index (χ0) is 31.2. The van der Waals surface area contributed by atoms with Crippen LogP contribution in [0.25, 0.3) is 21.5 Å². The number of thiophene rings is 1. The number of piperazine rings is 1. The summed E-state index contributed by atoms with van der Waals surface area (Å²) in [6, 6.07) is 8.41. The Morgan fingerprint density at radius 1 is 1.11 bits per heavy atom. The van der Waals surface area contributed by atoms with Gasteiger partial charge in [-0.05, 0) is 45.0 Å². The maximum Gasteiger partial charge on any atom is 0.267 e. The van der Waals surface area contributed by atoms with Gasteiger partial charge in [0, 0.05) is 62.7 Å². The van der Waals surface area contributed by atoms with Crippen molar-refractivity contribution in [3.05, 3.63) is 53.5 Å². The Balaban J connectivity index is 1.08. The van der Waals surface area contributed by atoms with E-state index < -0.39 is 28.4 Å². The first-order chi connectivity index (χ1) is 20.9. The van der Waals surface area contributed by atoms with Crippen molar-refractivity contribution in [2.45, 2.75) is 43.4 Å². The number of nitrogens with one attached hydrogen (secondary N) is 1. The first-order valence-corrected chi connectivity index (χ1v) is 16.6. The van der Waals surface area contributed by atoms with Crippen molar-refractivity contribution in [1.29, 1.82) is 0 Å². The Labute approximate surface area is 257 Å². The Kier molecular flexibility index (Phi) is 8.15. The molecule has 2 aliphatic heterocycles. The van der Waals surface area contributed by atoms with Crippen molar-refractivity contribution in [3.63, 3.8) is 0 Å². The molecule has 0 unspecified atom stereocenters. The standard InChI is InChI=1S/C29H33F2N7O4S2/c1-18(34-27-21-5-4-6-22(25(21)32-17-33-27)28(39)37-10-9-29(30,31)16-37)15-36-11-13-38(14-12-36)44(40,41)24-8-7-23(43-24)26-19(2)20(3)35-42-26/h4-8,17-18H,9-16H2,1-3H3,(H,32,33,34)/t18-/m0/s1. The molecule has 11 nitrogen and oxygen atoms in total. The highest BCUT2D eigenvalue weighted by Gasteiger charge is 2.41. The number of carbonyl (C=O) groups is 1. The van der Waals surface area contributed by atoms with Gasteiger partial charge in [0.05, 0.1) is 28.2 Å². The highest BCUT2D eigenvalue weighted by molar-refractivity contribution is 7.91. The molecule has 15 heteroatoms. The van der Waals surface area contributed by atoms with Crippen molar-refractivity contribution in [2.24, 2.45) is 0 Å². The number of anilines is 1. The predicted octanol–water partition coefficient (Wildman–Crippen LogP) is 4.25. The highest BCUT2D eigenvalue weighted by Crippen LogP contribution is 2.35. The van der Waals surface area contributed by atoms with Crippen LogP contribution in [0.1, 0.15) is 35.0 Å². The molecule has 1 N–H and O–H groups in total. The fraction of sp³-hybridized carbons (Fsp3) is 0.448. The summed E-state index contributed by atoms with van der Waals surface area (Å²) in [5.74, 6) is -2.22. The van der Waals surface area contributed by atoms with Crippen LogP contribution in [0.2, 0.25) is 0 Å². The number of likely N-dealkylation sites (tertiary alicyclic amines) is 1. The predicted molar refractivity (Wildman–Crippen MR) is 163 cm³/mol. The maximum atomic E-state index is 13.7. The quantitative estimate of drug-likeness (QED) is 0.300. The van der Waals surface area contributed by atoms with Crippen molar-refractivity contribution in [2.75, 3.05) is 51.1 Å². The number of halogens is 2. The normalized spacial score (nSPS) is 18.6. The fourth-order valence-electron chi connectivity index (χ4n) is 5.63. The van der Waals surface area contributed by atoms with E-state index >= 15 is 0 Å². The second kappa shape index (κ2) is 11.8. The average molecular weight is 646 g/mol. The van der Waals surface area contributed by atoms with E-state index in [4.69, 9.17) is 4.52 Å². The number of amides is 1. The number of para-hydroxylation sites is 1. The molecule has 6 rings (SSSR count). The first kappa shape index (κ1) is 30.5. The summed E-state index contributed by atoms with van der Waals surface area (Å²) < 4.78 is 61.5. The number of hydrogen-bond acceptors (Lipinski definition) is 10. The van der Waals surface area contributed by atoms with Gasteiger partial charge in [0.15, 0.2) is 5.76 Å². The number of hydrogen-bond donors (Lipinski definition) is 1. The molecule has 1 amide bonds. The Morgan fingerprint density at radius 3 is 2.57 bits per heavy atom. The van der Waals surface area contributed by atoms with Crippen LogP contribution in [0.4, 0.5) is 14.6 Å². The highest BCUT2D eigenvalue weighted by atomic mass is 32.2. The summed E-state index contributed by atoms with van der Waals surface area (Å²) in [5.41, 5.74) is 2.34. The number of benzene rings is 1. The molecule has 0 aliphatic carbocycles. The third-order valence-electron chi connectivity index (χ3n) is 8.15. The lowest BCUT2D eigenvalue weighted by molar-refractivity contribution is 0.0120. The zero-order valence-corrected chi connectivity index (χ0v) is 26.2. The van der Waals surface area contributed by atoms with E-state index in [1.807, 2.05) is 20.8 Å². The molecule has 3 aromatic heterocycles. The van der Waals surface area contributed by atoms with Crippen LogP contribution < -0.4 is 5.32 Å². The van der Waals surface area contributed by atoms with E-state index in [2.05, 4.69) is 25.3 Å². The second-order valence-electron chi connectivity index (χ2n) is 11.3. The van der Waals surface area contributed by atoms with Gasteiger partial charge in [0.2, 0.25) is 0 Å². The minimum absolute atomic E-state index is 0.000450. The van der Waals surface area contributed by atoms with Crippen LogP contribution in [-0.2, 0) is 10.0 Å². The van der Waals surface area contributed by atoms with Crippen LogP contribution in [0.3, 0.4) is 0 Å². The van der Waals surface area contributed by atoms with E-state index in [1.54, 1.807) is 30.3 Å². The van der Waals surface area contributed by atoms with Crippen molar-refractivity contribution in [1.82, 2.24) is 29.2 Å². The summed E-state index contributed by atoms with van der Waals surface area (Å²) in [7, 11) is -3.65. The molecule has 44 heavy (non-hydrogen) atoms. The average Bonchev–Trinajstić information content (AvgIpc) is 3.72. The Morgan fingerprint density at radius 2 is 1.89 bits per heavy atom. The number of sulfonamides is 1. The molecule has 2 fully saturated rings. The molecular weight excluding hydrogens is 612 g/mol. The lowest BCUT2D eigenvalue weighted by Gasteiger charge is -2.35. The zero-order valence-electron chi connectivity index (χ0n) is 24.6. The molecule has 0 radical (unpaired) electrons. The van der Waals surface area contributed by atoms with Crippen LogP contribution in [0, 0.1) is 13.8 Å². The van der Waals surface area contributed by atoms with Gasteiger partial charge in [-0.1, -0.05) is 11.2 Å². The van der Waals surface area contributed by atoms with Gasteiger partial charge in [-0.15, -0.1) is 11.3 Å². The van der Waals surface area contributed by atoms with Crippen LogP contribution in [0.5, 0.6) is 0 Å². The molecular formula is C29H33F2N7O4S2. The van der Waals surface area contributed by atoms with Gasteiger partial charge in [-0.25, -0.2) is 27.2 Å². The Bertz CT molecular complexity index is 1800. The summed E-state index contributed by atoms with van der Waals surface area (Å²) in [6.45, 7) is 7.63. The molecule has 2 aliphatic rings. The van der Waals surface area contributed by atoms with Gasteiger partial charge in [-0.2, -0.15) is 4.31 Å². The molecule has 1 aromatic carbocycles. The van der Waals surface area contributed by atoms with E-state index in [0.717, 1.165) is 16.1 Å². The minimum atomic E-state index is -3.65. The number of nitrogens with zero attached hydrogens (tertiary/aromatic N) is 6. The van der Waals surface area contributed by atoms with E-state index in [9.17, 15) is 22.0 Å². The minimum Gasteiger partial charge on any atom is -0.366 e. The third kappa shape index (κ3) is 5.93. The largest absolute Gasteiger partial charge is 0.366 e. The number of fused-ring (bicyclic) bond motifs is 1. The summed E-state index contributed by atoms with van der Waals surface area (Å²) >= 11 is 1.18. The number of carbonyl (C=O) groups excluding carboxylic acids is 1. The Hall–Kier alpha value is -3.53. The molecule has 0 bridgehead atoms. The number of aromatic nitrogens is 3. The number of alkyl halides is 2. The van der Waals surface area contributed by atoms with Gasteiger partial charge >= 0.3 is 0 Å². The lowest BCUT2D eigenvalue weighted by Crippen LogP contribution is -2.50. The van der Waals surface area contributed by atoms with Crippen LogP contribution >= 0.6 is 11.3 Å². The van der Waals surface area contributed by atoms with E-state index in [-0.39, 0.29) is 28.8 Å². The monoisotopic (exact) mass is 645 g/mol.